The first-order valence-electron chi connectivity index (χ1n) is 6.69. The van der Waals surface area contributed by atoms with E-state index in [4.69, 9.17) is 16.3 Å². The van der Waals surface area contributed by atoms with E-state index in [0.29, 0.717) is 29.5 Å². The lowest BCUT2D eigenvalue weighted by molar-refractivity contribution is 0.267. The third-order valence-electron chi connectivity index (χ3n) is 3.52. The molecule has 5 heteroatoms. The van der Waals surface area contributed by atoms with Crippen molar-refractivity contribution in [3.05, 3.63) is 53.4 Å². The van der Waals surface area contributed by atoms with Crippen molar-refractivity contribution < 1.29 is 4.74 Å². The van der Waals surface area contributed by atoms with Gasteiger partial charge in [-0.2, -0.15) is 0 Å². The first-order chi connectivity index (χ1) is 9.83. The van der Waals surface area contributed by atoms with Crippen LogP contribution in [0.4, 0.5) is 0 Å². The Labute approximate surface area is 123 Å². The number of nitrogens with zero attached hydrogens (tertiary/aromatic N) is 2. The molecule has 0 unspecified atom stereocenters. The predicted molar refractivity (Wildman–Crippen MR) is 78.1 cm³/mol. The van der Waals surface area contributed by atoms with Gasteiger partial charge < -0.3 is 10.1 Å². The molecule has 3 rings (SSSR count). The van der Waals surface area contributed by atoms with Crippen LogP contribution in [0.5, 0.6) is 5.88 Å². The van der Waals surface area contributed by atoms with Gasteiger partial charge in [0.1, 0.15) is 11.6 Å². The fourth-order valence-electron chi connectivity index (χ4n) is 2.47. The lowest BCUT2D eigenvalue weighted by atomic mass is 9.98. The normalized spacial score (nSPS) is 21.9. The van der Waals surface area contributed by atoms with Crippen molar-refractivity contribution in [2.45, 2.75) is 18.4 Å². The smallest absolute Gasteiger partial charge is 0.232 e. The molecule has 0 amide bonds. The molecule has 0 aromatic carbocycles. The van der Waals surface area contributed by atoms with E-state index in [-0.39, 0.29) is 0 Å². The number of hydrogen-bond donors (Lipinski definition) is 1. The fourth-order valence-corrected chi connectivity index (χ4v) is 2.65. The lowest BCUT2D eigenvalue weighted by Gasteiger charge is -2.12. The Kier molecular flexibility index (Phi) is 4.14. The minimum absolute atomic E-state index is 0.318. The van der Waals surface area contributed by atoms with E-state index in [0.717, 1.165) is 13.0 Å². The highest BCUT2D eigenvalue weighted by molar-refractivity contribution is 6.31. The molecular formula is C15H16ClN3O. The number of ether oxygens (including phenoxy) is 1. The first kappa shape index (κ1) is 13.3. The van der Waals surface area contributed by atoms with Crippen molar-refractivity contribution in [3.8, 4) is 5.88 Å². The van der Waals surface area contributed by atoms with Crippen LogP contribution in [0.2, 0.25) is 5.02 Å². The lowest BCUT2D eigenvalue weighted by Crippen LogP contribution is -2.28. The molecule has 1 saturated heterocycles. The number of rotatable bonds is 4. The molecule has 1 aliphatic heterocycles. The standard InChI is InChI=1S/C15H16ClN3O/c16-14-4-2-6-18-15(14)20-10-13-7-12(9-19-13)11-3-1-5-17-8-11/h1-6,8,12-13,19H,7,9-10H2/t12-,13-/m1/s1. The van der Waals surface area contributed by atoms with E-state index in [2.05, 4.69) is 21.4 Å². The Bertz CT molecular complexity index is 564. The minimum atomic E-state index is 0.318. The van der Waals surface area contributed by atoms with Crippen molar-refractivity contribution in [1.29, 1.82) is 0 Å². The van der Waals surface area contributed by atoms with Gasteiger partial charge in [0.2, 0.25) is 5.88 Å². The highest BCUT2D eigenvalue weighted by Gasteiger charge is 2.26. The summed E-state index contributed by atoms with van der Waals surface area (Å²) in [5, 5.41) is 4.02. The Morgan fingerprint density at radius 1 is 1.30 bits per heavy atom. The number of pyridine rings is 2. The third-order valence-corrected chi connectivity index (χ3v) is 3.81. The molecule has 1 fully saturated rings. The summed E-state index contributed by atoms with van der Waals surface area (Å²) < 4.78 is 5.68. The van der Waals surface area contributed by atoms with Gasteiger partial charge in [-0.3, -0.25) is 4.98 Å². The van der Waals surface area contributed by atoms with Crippen LogP contribution >= 0.6 is 11.6 Å². The highest BCUT2D eigenvalue weighted by Crippen LogP contribution is 2.26. The monoisotopic (exact) mass is 289 g/mol. The van der Waals surface area contributed by atoms with Gasteiger partial charge in [-0.05, 0) is 36.1 Å². The maximum absolute atomic E-state index is 6.02. The van der Waals surface area contributed by atoms with Crippen LogP contribution in [-0.2, 0) is 0 Å². The summed E-state index contributed by atoms with van der Waals surface area (Å²) in [4.78, 5) is 8.30. The number of nitrogens with one attached hydrogen (secondary N) is 1. The molecule has 1 N–H and O–H groups in total. The van der Waals surface area contributed by atoms with Crippen LogP contribution in [0.15, 0.2) is 42.9 Å². The first-order valence-corrected chi connectivity index (χ1v) is 7.07. The van der Waals surface area contributed by atoms with Crippen molar-refractivity contribution in [2.24, 2.45) is 0 Å². The number of hydrogen-bond acceptors (Lipinski definition) is 4. The number of halogens is 1. The van der Waals surface area contributed by atoms with Gasteiger partial charge in [0, 0.05) is 31.2 Å². The van der Waals surface area contributed by atoms with Gasteiger partial charge in [-0.25, -0.2) is 4.98 Å². The Morgan fingerprint density at radius 3 is 3.00 bits per heavy atom. The summed E-state index contributed by atoms with van der Waals surface area (Å²) in [5.41, 5.74) is 1.28. The second-order valence-electron chi connectivity index (χ2n) is 4.93. The van der Waals surface area contributed by atoms with Crippen molar-refractivity contribution >= 4 is 11.6 Å². The average molecular weight is 290 g/mol. The quantitative estimate of drug-likeness (QED) is 0.940. The Hall–Kier alpha value is -1.65. The molecule has 4 nitrogen and oxygen atoms in total. The molecule has 1 aliphatic rings. The zero-order valence-electron chi connectivity index (χ0n) is 11.0. The summed E-state index contributed by atoms with van der Waals surface area (Å²) >= 11 is 6.02. The molecule has 3 heterocycles. The van der Waals surface area contributed by atoms with Gasteiger partial charge >= 0.3 is 0 Å². The highest BCUT2D eigenvalue weighted by atomic mass is 35.5. The second kappa shape index (κ2) is 6.20. The van der Waals surface area contributed by atoms with Crippen molar-refractivity contribution in [3.63, 3.8) is 0 Å². The minimum Gasteiger partial charge on any atom is -0.475 e. The maximum Gasteiger partial charge on any atom is 0.232 e. The van der Waals surface area contributed by atoms with Crippen LogP contribution in [0.3, 0.4) is 0 Å². The molecule has 20 heavy (non-hydrogen) atoms. The van der Waals surface area contributed by atoms with Crippen LogP contribution < -0.4 is 10.1 Å². The second-order valence-corrected chi connectivity index (χ2v) is 5.33. The van der Waals surface area contributed by atoms with E-state index >= 15 is 0 Å². The maximum atomic E-state index is 6.02. The van der Waals surface area contributed by atoms with Crippen LogP contribution in [0.25, 0.3) is 0 Å². The van der Waals surface area contributed by atoms with Crippen molar-refractivity contribution in [1.82, 2.24) is 15.3 Å². The molecule has 2 aromatic rings. The largest absolute Gasteiger partial charge is 0.475 e. The summed E-state index contributed by atoms with van der Waals surface area (Å²) in [6, 6.07) is 8.00. The van der Waals surface area contributed by atoms with Crippen LogP contribution in [-0.4, -0.2) is 29.2 Å². The van der Waals surface area contributed by atoms with Gasteiger partial charge in [0.25, 0.3) is 0 Å². The molecule has 104 valence electrons. The van der Waals surface area contributed by atoms with E-state index in [1.165, 1.54) is 5.56 Å². The van der Waals surface area contributed by atoms with Gasteiger partial charge in [-0.1, -0.05) is 17.7 Å². The Morgan fingerprint density at radius 2 is 2.20 bits per heavy atom. The molecule has 2 aromatic heterocycles. The average Bonchev–Trinajstić information content (AvgIpc) is 2.96. The van der Waals surface area contributed by atoms with Crippen LogP contribution in [0.1, 0.15) is 17.9 Å². The Balaban J connectivity index is 1.55. The van der Waals surface area contributed by atoms with Crippen molar-refractivity contribution in [2.75, 3.05) is 13.2 Å². The summed E-state index contributed by atoms with van der Waals surface area (Å²) in [5.74, 6) is 0.997. The molecule has 0 bridgehead atoms. The molecule has 0 saturated carbocycles. The predicted octanol–water partition coefficient (Wildman–Crippen LogP) is 2.65. The van der Waals surface area contributed by atoms with E-state index in [1.54, 1.807) is 24.5 Å². The fraction of sp³-hybridized carbons (Fsp3) is 0.333. The van der Waals surface area contributed by atoms with E-state index in [1.807, 2.05) is 12.3 Å². The van der Waals surface area contributed by atoms with E-state index in [9.17, 15) is 0 Å². The zero-order chi connectivity index (χ0) is 13.8. The van der Waals surface area contributed by atoms with Gasteiger partial charge in [0.15, 0.2) is 0 Å². The molecule has 0 aliphatic carbocycles. The third kappa shape index (κ3) is 3.08. The summed E-state index contributed by atoms with van der Waals surface area (Å²) in [7, 11) is 0. The topological polar surface area (TPSA) is 47.0 Å². The molecule has 0 radical (unpaired) electrons. The van der Waals surface area contributed by atoms with Gasteiger partial charge in [0.05, 0.1) is 0 Å². The number of aromatic nitrogens is 2. The van der Waals surface area contributed by atoms with E-state index < -0.39 is 0 Å². The SMILES string of the molecule is Clc1cccnc1OC[C@H]1C[C@@H](c2cccnc2)CN1. The van der Waals surface area contributed by atoms with Crippen LogP contribution in [0, 0.1) is 0 Å². The zero-order valence-corrected chi connectivity index (χ0v) is 11.8. The molecule has 2 atom stereocenters. The summed E-state index contributed by atoms with van der Waals surface area (Å²) in [6.07, 6.45) is 6.46. The van der Waals surface area contributed by atoms with Gasteiger partial charge in [-0.15, -0.1) is 0 Å². The molecular weight excluding hydrogens is 274 g/mol. The molecule has 0 spiro atoms. The summed E-state index contributed by atoms with van der Waals surface area (Å²) in [6.45, 7) is 1.53.